The van der Waals surface area contributed by atoms with Crippen LogP contribution in [0.25, 0.3) is 0 Å². The number of benzene rings is 1. The van der Waals surface area contributed by atoms with Crippen molar-refractivity contribution in [1.29, 1.82) is 0 Å². The number of amides is 3. The largest absolute Gasteiger partial charge is 0.479 e. The third-order valence-electron chi connectivity index (χ3n) is 4.86. The van der Waals surface area contributed by atoms with E-state index >= 15 is 0 Å². The second-order valence-corrected chi connectivity index (χ2v) is 6.79. The first-order valence-electron chi connectivity index (χ1n) is 9.01. The van der Waals surface area contributed by atoms with Crippen LogP contribution in [0.5, 0.6) is 0 Å². The van der Waals surface area contributed by atoms with Crippen molar-refractivity contribution in [2.75, 3.05) is 6.54 Å². The predicted octanol–water partition coefficient (Wildman–Crippen LogP) is 2.18. The van der Waals surface area contributed by atoms with Crippen LogP contribution >= 0.6 is 0 Å². The fourth-order valence-electron chi connectivity index (χ4n) is 3.21. The average Bonchev–Trinajstić information content (AvgIpc) is 2.61. The Morgan fingerprint density at radius 3 is 2.50 bits per heavy atom. The molecule has 1 saturated carbocycles. The van der Waals surface area contributed by atoms with E-state index in [9.17, 15) is 19.5 Å². The number of rotatable bonds is 6. The maximum Gasteiger partial charge on any atom is 0.330 e. The van der Waals surface area contributed by atoms with Crippen LogP contribution in [0.1, 0.15) is 54.8 Å². The summed E-state index contributed by atoms with van der Waals surface area (Å²) >= 11 is 0. The van der Waals surface area contributed by atoms with Crippen molar-refractivity contribution in [2.24, 2.45) is 0 Å². The van der Waals surface area contributed by atoms with Crippen LogP contribution in [0.15, 0.2) is 18.2 Å². The summed E-state index contributed by atoms with van der Waals surface area (Å²) in [5, 5.41) is 17.3. The molecule has 0 aromatic heterocycles. The van der Waals surface area contributed by atoms with E-state index in [-0.39, 0.29) is 12.6 Å². The SMILES string of the molecule is Cc1cccc(C(NC(=O)CNC(=O)NC2CCCCC2)C(=O)O)c1C. The monoisotopic (exact) mass is 361 g/mol. The lowest BCUT2D eigenvalue weighted by Crippen LogP contribution is -2.47. The molecule has 0 aliphatic heterocycles. The Bertz CT molecular complexity index is 669. The Morgan fingerprint density at radius 2 is 1.85 bits per heavy atom. The van der Waals surface area contributed by atoms with Crippen molar-refractivity contribution in [1.82, 2.24) is 16.0 Å². The Morgan fingerprint density at radius 1 is 1.15 bits per heavy atom. The first-order chi connectivity index (χ1) is 12.4. The summed E-state index contributed by atoms with van der Waals surface area (Å²) in [6.07, 6.45) is 5.29. The highest BCUT2D eigenvalue weighted by Gasteiger charge is 2.24. The minimum absolute atomic E-state index is 0.147. The minimum Gasteiger partial charge on any atom is -0.479 e. The molecule has 3 amide bonds. The molecule has 0 bridgehead atoms. The van der Waals surface area contributed by atoms with Gasteiger partial charge in [0.15, 0.2) is 6.04 Å². The van der Waals surface area contributed by atoms with Crippen LogP contribution in [0.2, 0.25) is 0 Å². The van der Waals surface area contributed by atoms with Crippen molar-refractivity contribution in [3.05, 3.63) is 34.9 Å². The zero-order valence-corrected chi connectivity index (χ0v) is 15.3. The first kappa shape index (κ1) is 19.8. The third-order valence-corrected chi connectivity index (χ3v) is 4.86. The minimum atomic E-state index is -1.15. The number of nitrogens with one attached hydrogen (secondary N) is 3. The summed E-state index contributed by atoms with van der Waals surface area (Å²) in [5.41, 5.74) is 2.31. The van der Waals surface area contributed by atoms with Gasteiger partial charge in [0.2, 0.25) is 5.91 Å². The van der Waals surface area contributed by atoms with Crippen LogP contribution in [0.3, 0.4) is 0 Å². The molecule has 7 heteroatoms. The van der Waals surface area contributed by atoms with Crippen LogP contribution in [0, 0.1) is 13.8 Å². The number of hydrogen-bond acceptors (Lipinski definition) is 3. The normalized spacial score (nSPS) is 15.8. The maximum absolute atomic E-state index is 12.1. The van der Waals surface area contributed by atoms with Gasteiger partial charge in [0, 0.05) is 6.04 Å². The van der Waals surface area contributed by atoms with Gasteiger partial charge >= 0.3 is 12.0 Å². The highest BCUT2D eigenvalue weighted by atomic mass is 16.4. The summed E-state index contributed by atoms with van der Waals surface area (Å²) in [6, 6.07) is 3.93. The van der Waals surface area contributed by atoms with Crippen molar-refractivity contribution >= 4 is 17.9 Å². The summed E-state index contributed by atoms with van der Waals surface area (Å²) in [5.74, 6) is -1.68. The molecular weight excluding hydrogens is 334 g/mol. The molecule has 0 spiro atoms. The Kier molecular flexibility index (Phi) is 7.00. The van der Waals surface area contributed by atoms with Gasteiger partial charge in [-0.15, -0.1) is 0 Å². The van der Waals surface area contributed by atoms with E-state index in [1.807, 2.05) is 19.9 Å². The number of carboxylic acids is 1. The molecule has 1 aliphatic carbocycles. The Hall–Kier alpha value is -2.57. The molecule has 1 atom stereocenters. The number of aryl methyl sites for hydroxylation is 1. The topological polar surface area (TPSA) is 108 Å². The molecular formula is C19H27N3O4. The van der Waals surface area contributed by atoms with Crippen LogP contribution in [-0.2, 0) is 9.59 Å². The molecule has 0 radical (unpaired) electrons. The molecule has 1 unspecified atom stereocenters. The van der Waals surface area contributed by atoms with Crippen LogP contribution in [-0.4, -0.2) is 35.6 Å². The molecule has 1 aromatic rings. The Labute approximate surface area is 153 Å². The standard InChI is InChI=1S/C19H27N3O4/c1-12-7-6-10-15(13(12)2)17(18(24)25)22-16(23)11-20-19(26)21-14-8-4-3-5-9-14/h6-7,10,14,17H,3-5,8-9,11H2,1-2H3,(H,22,23)(H,24,25)(H2,20,21,26). The molecule has 0 heterocycles. The summed E-state index contributed by atoms with van der Waals surface area (Å²) in [6.45, 7) is 3.44. The number of carbonyl (C=O) groups is 3. The van der Waals surface area contributed by atoms with Gasteiger partial charge in [-0.1, -0.05) is 37.5 Å². The van der Waals surface area contributed by atoms with E-state index in [1.54, 1.807) is 12.1 Å². The maximum atomic E-state index is 12.1. The zero-order chi connectivity index (χ0) is 19.1. The third kappa shape index (κ3) is 5.47. The van der Waals surface area contributed by atoms with Gasteiger partial charge in [0.1, 0.15) is 0 Å². The molecule has 26 heavy (non-hydrogen) atoms. The van der Waals surface area contributed by atoms with E-state index < -0.39 is 23.9 Å². The van der Waals surface area contributed by atoms with E-state index in [1.165, 1.54) is 6.42 Å². The van der Waals surface area contributed by atoms with Gasteiger partial charge in [-0.3, -0.25) is 4.79 Å². The molecule has 2 rings (SSSR count). The van der Waals surface area contributed by atoms with Gasteiger partial charge in [0.25, 0.3) is 0 Å². The molecule has 142 valence electrons. The lowest BCUT2D eigenvalue weighted by atomic mass is 9.96. The molecule has 1 fully saturated rings. The zero-order valence-electron chi connectivity index (χ0n) is 15.3. The molecule has 4 N–H and O–H groups in total. The molecule has 1 aromatic carbocycles. The fourth-order valence-corrected chi connectivity index (χ4v) is 3.21. The van der Waals surface area contributed by atoms with Crippen molar-refractivity contribution in [3.63, 3.8) is 0 Å². The first-order valence-corrected chi connectivity index (χ1v) is 9.01. The van der Waals surface area contributed by atoms with Gasteiger partial charge in [-0.05, 0) is 43.4 Å². The summed E-state index contributed by atoms with van der Waals surface area (Å²) in [7, 11) is 0. The smallest absolute Gasteiger partial charge is 0.330 e. The number of aliphatic carboxylic acids is 1. The van der Waals surface area contributed by atoms with Crippen molar-refractivity contribution in [2.45, 2.75) is 58.0 Å². The van der Waals surface area contributed by atoms with E-state index in [0.29, 0.717) is 5.56 Å². The highest BCUT2D eigenvalue weighted by molar-refractivity contribution is 5.88. The number of hydrogen-bond donors (Lipinski definition) is 4. The lowest BCUT2D eigenvalue weighted by molar-refractivity contribution is -0.141. The molecule has 0 saturated heterocycles. The van der Waals surface area contributed by atoms with Gasteiger partial charge < -0.3 is 21.1 Å². The Balaban J connectivity index is 1.88. The van der Waals surface area contributed by atoms with Crippen LogP contribution in [0.4, 0.5) is 4.79 Å². The van der Waals surface area contributed by atoms with Crippen molar-refractivity contribution < 1.29 is 19.5 Å². The van der Waals surface area contributed by atoms with Gasteiger partial charge in [-0.2, -0.15) is 0 Å². The number of urea groups is 1. The second-order valence-electron chi connectivity index (χ2n) is 6.79. The number of carbonyl (C=O) groups excluding carboxylic acids is 2. The predicted molar refractivity (Wildman–Crippen MR) is 97.8 cm³/mol. The van der Waals surface area contributed by atoms with Gasteiger partial charge in [0.05, 0.1) is 6.54 Å². The van der Waals surface area contributed by atoms with E-state index in [0.717, 1.165) is 36.8 Å². The fraction of sp³-hybridized carbons (Fsp3) is 0.526. The lowest BCUT2D eigenvalue weighted by Gasteiger charge is -2.23. The summed E-state index contributed by atoms with van der Waals surface area (Å²) in [4.78, 5) is 35.6. The van der Waals surface area contributed by atoms with E-state index in [4.69, 9.17) is 0 Å². The second kappa shape index (κ2) is 9.22. The van der Waals surface area contributed by atoms with Crippen LogP contribution < -0.4 is 16.0 Å². The highest BCUT2D eigenvalue weighted by Crippen LogP contribution is 2.21. The quantitative estimate of drug-likeness (QED) is 0.623. The average molecular weight is 361 g/mol. The molecule has 7 nitrogen and oxygen atoms in total. The van der Waals surface area contributed by atoms with Crippen molar-refractivity contribution in [3.8, 4) is 0 Å². The molecule has 1 aliphatic rings. The van der Waals surface area contributed by atoms with Gasteiger partial charge in [-0.25, -0.2) is 9.59 Å². The van der Waals surface area contributed by atoms with E-state index in [2.05, 4.69) is 16.0 Å². The number of carboxylic acid groups (broad SMARTS) is 1. The summed E-state index contributed by atoms with van der Waals surface area (Å²) < 4.78 is 0.